The molecule has 0 fully saturated rings. The summed E-state index contributed by atoms with van der Waals surface area (Å²) >= 11 is 8.07. The van der Waals surface area contributed by atoms with E-state index in [1.54, 1.807) is 0 Å². The molecule has 5 heteroatoms. The average Bonchev–Trinajstić information content (AvgIpc) is 1.94. The van der Waals surface area contributed by atoms with Crippen molar-refractivity contribution in [2.75, 3.05) is 0 Å². The standard InChI is InChI=1S/C6H2BrClFNO/c7-3-1-4(5(8)11)6(9)10-2-3/h1-2H. The van der Waals surface area contributed by atoms with Gasteiger partial charge in [-0.15, -0.1) is 0 Å². The Labute approximate surface area is 75.5 Å². The van der Waals surface area contributed by atoms with Crippen LogP contribution in [0.4, 0.5) is 4.39 Å². The van der Waals surface area contributed by atoms with Crippen LogP contribution < -0.4 is 0 Å². The van der Waals surface area contributed by atoms with Gasteiger partial charge in [-0.3, -0.25) is 4.79 Å². The van der Waals surface area contributed by atoms with Gasteiger partial charge in [0.15, 0.2) is 0 Å². The van der Waals surface area contributed by atoms with Crippen molar-refractivity contribution < 1.29 is 9.18 Å². The number of carbonyl (C=O) groups excluding carboxylic acids is 1. The van der Waals surface area contributed by atoms with Gasteiger partial charge >= 0.3 is 0 Å². The van der Waals surface area contributed by atoms with E-state index in [2.05, 4.69) is 20.9 Å². The van der Waals surface area contributed by atoms with Crippen LogP contribution >= 0.6 is 27.5 Å². The second kappa shape index (κ2) is 3.28. The molecule has 0 N–H and O–H groups in total. The van der Waals surface area contributed by atoms with Crippen LogP contribution in [-0.4, -0.2) is 10.2 Å². The van der Waals surface area contributed by atoms with Crippen molar-refractivity contribution >= 4 is 32.8 Å². The summed E-state index contributed by atoms with van der Waals surface area (Å²) in [7, 11) is 0. The topological polar surface area (TPSA) is 30.0 Å². The molecule has 0 aliphatic carbocycles. The van der Waals surface area contributed by atoms with E-state index in [0.717, 1.165) is 0 Å². The van der Waals surface area contributed by atoms with E-state index in [-0.39, 0.29) is 5.56 Å². The summed E-state index contributed by atoms with van der Waals surface area (Å²) in [5, 5.41) is -0.851. The lowest BCUT2D eigenvalue weighted by molar-refractivity contribution is 0.107. The molecule has 58 valence electrons. The molecule has 0 saturated carbocycles. The van der Waals surface area contributed by atoms with Crippen LogP contribution in [0, 0.1) is 5.95 Å². The third-order valence-corrected chi connectivity index (χ3v) is 1.65. The van der Waals surface area contributed by atoms with Crippen molar-refractivity contribution in [2.24, 2.45) is 0 Å². The Morgan fingerprint density at radius 2 is 2.36 bits per heavy atom. The summed E-state index contributed by atoms with van der Waals surface area (Å²) in [6, 6.07) is 1.28. The number of carbonyl (C=O) groups is 1. The molecule has 0 atom stereocenters. The van der Waals surface area contributed by atoms with Gasteiger partial charge in [0.2, 0.25) is 5.95 Å². The zero-order chi connectivity index (χ0) is 8.43. The predicted octanol–water partition coefficient (Wildman–Crippen LogP) is 2.36. The monoisotopic (exact) mass is 237 g/mol. The molecule has 0 unspecified atom stereocenters. The molecular weight excluding hydrogens is 236 g/mol. The largest absolute Gasteiger partial charge is 0.275 e. The first-order valence-electron chi connectivity index (χ1n) is 2.62. The summed E-state index contributed by atoms with van der Waals surface area (Å²) in [5.41, 5.74) is -0.221. The van der Waals surface area contributed by atoms with Crippen molar-refractivity contribution in [3.8, 4) is 0 Å². The van der Waals surface area contributed by atoms with Crippen molar-refractivity contribution in [1.29, 1.82) is 0 Å². The van der Waals surface area contributed by atoms with Gasteiger partial charge in [-0.2, -0.15) is 4.39 Å². The molecule has 2 nitrogen and oxygen atoms in total. The Kier molecular flexibility index (Phi) is 2.57. The van der Waals surface area contributed by atoms with E-state index < -0.39 is 11.2 Å². The van der Waals surface area contributed by atoms with E-state index >= 15 is 0 Å². The highest BCUT2D eigenvalue weighted by Crippen LogP contribution is 2.14. The third kappa shape index (κ3) is 1.97. The zero-order valence-electron chi connectivity index (χ0n) is 5.14. The maximum Gasteiger partial charge on any atom is 0.257 e. The fourth-order valence-electron chi connectivity index (χ4n) is 0.560. The van der Waals surface area contributed by atoms with Gasteiger partial charge in [0, 0.05) is 10.7 Å². The Morgan fingerprint density at radius 3 is 2.82 bits per heavy atom. The number of aromatic nitrogens is 1. The van der Waals surface area contributed by atoms with E-state index in [1.807, 2.05) is 0 Å². The molecule has 0 aromatic carbocycles. The van der Waals surface area contributed by atoms with Crippen LogP contribution in [0.25, 0.3) is 0 Å². The smallest absolute Gasteiger partial charge is 0.257 e. The van der Waals surface area contributed by atoms with Crippen LogP contribution in [0.2, 0.25) is 0 Å². The predicted molar refractivity (Wildman–Crippen MR) is 42.1 cm³/mol. The van der Waals surface area contributed by atoms with Crippen molar-refractivity contribution in [3.63, 3.8) is 0 Å². The van der Waals surface area contributed by atoms with Gasteiger partial charge in [0.05, 0.1) is 5.56 Å². The number of pyridine rings is 1. The Hall–Kier alpha value is -0.480. The maximum atomic E-state index is 12.6. The minimum Gasteiger partial charge on any atom is -0.275 e. The highest BCUT2D eigenvalue weighted by Gasteiger charge is 2.09. The minimum absolute atomic E-state index is 0.221. The van der Waals surface area contributed by atoms with Crippen LogP contribution in [0.1, 0.15) is 10.4 Å². The number of hydrogen-bond acceptors (Lipinski definition) is 2. The first-order chi connectivity index (χ1) is 5.11. The summed E-state index contributed by atoms with van der Waals surface area (Å²) < 4.78 is 13.1. The van der Waals surface area contributed by atoms with Crippen LogP contribution in [0.3, 0.4) is 0 Å². The second-order valence-electron chi connectivity index (χ2n) is 1.77. The fourth-order valence-corrected chi connectivity index (χ4v) is 1.02. The Bertz CT molecular complexity index is 305. The molecule has 0 spiro atoms. The molecule has 0 aliphatic rings. The third-order valence-electron chi connectivity index (χ3n) is 1.02. The van der Waals surface area contributed by atoms with Crippen LogP contribution in [0.5, 0.6) is 0 Å². The number of hydrogen-bond donors (Lipinski definition) is 0. The van der Waals surface area contributed by atoms with Gasteiger partial charge < -0.3 is 0 Å². The van der Waals surface area contributed by atoms with Crippen molar-refractivity contribution in [2.45, 2.75) is 0 Å². The van der Waals surface area contributed by atoms with Crippen molar-refractivity contribution in [1.82, 2.24) is 4.98 Å². The molecule has 1 aromatic heterocycles. The van der Waals surface area contributed by atoms with E-state index in [0.29, 0.717) is 4.47 Å². The molecule has 1 heterocycles. The quantitative estimate of drug-likeness (QED) is 0.555. The summed E-state index contributed by atoms with van der Waals surface area (Å²) in [6.45, 7) is 0. The highest BCUT2D eigenvalue weighted by molar-refractivity contribution is 9.10. The van der Waals surface area contributed by atoms with E-state index in [4.69, 9.17) is 11.6 Å². The van der Waals surface area contributed by atoms with Gasteiger partial charge in [0.1, 0.15) is 0 Å². The molecular formula is C6H2BrClFNO. The molecule has 0 saturated heterocycles. The number of rotatable bonds is 1. The van der Waals surface area contributed by atoms with E-state index in [1.165, 1.54) is 12.3 Å². The Morgan fingerprint density at radius 1 is 1.73 bits per heavy atom. The normalized spacial score (nSPS) is 9.73. The minimum atomic E-state index is -0.854. The summed E-state index contributed by atoms with van der Waals surface area (Å²) in [5.74, 6) is -0.854. The molecule has 1 rings (SSSR count). The van der Waals surface area contributed by atoms with Crippen LogP contribution in [0.15, 0.2) is 16.7 Å². The van der Waals surface area contributed by atoms with Gasteiger partial charge in [0.25, 0.3) is 5.24 Å². The summed E-state index contributed by atoms with van der Waals surface area (Å²) in [6.07, 6.45) is 1.25. The molecule has 0 amide bonds. The molecule has 1 aromatic rings. The average molecular weight is 238 g/mol. The number of halogens is 3. The summed E-state index contributed by atoms with van der Waals surface area (Å²) in [4.78, 5) is 13.8. The van der Waals surface area contributed by atoms with E-state index in [9.17, 15) is 9.18 Å². The van der Waals surface area contributed by atoms with Crippen LogP contribution in [-0.2, 0) is 0 Å². The lowest BCUT2D eigenvalue weighted by Crippen LogP contribution is -1.96. The van der Waals surface area contributed by atoms with Crippen molar-refractivity contribution in [3.05, 3.63) is 28.2 Å². The molecule has 0 radical (unpaired) electrons. The molecule has 0 aliphatic heterocycles. The SMILES string of the molecule is O=C(Cl)c1cc(Br)cnc1F. The fraction of sp³-hybridized carbons (Fsp3) is 0. The lowest BCUT2D eigenvalue weighted by Gasteiger charge is -1.94. The first-order valence-corrected chi connectivity index (χ1v) is 3.79. The zero-order valence-corrected chi connectivity index (χ0v) is 7.49. The lowest BCUT2D eigenvalue weighted by atomic mass is 10.3. The van der Waals surface area contributed by atoms with Gasteiger partial charge in [-0.1, -0.05) is 0 Å². The van der Waals surface area contributed by atoms with Gasteiger partial charge in [-0.25, -0.2) is 4.98 Å². The number of nitrogens with zero attached hydrogens (tertiary/aromatic N) is 1. The van der Waals surface area contributed by atoms with Gasteiger partial charge in [-0.05, 0) is 33.6 Å². The highest BCUT2D eigenvalue weighted by atomic mass is 79.9. The molecule has 0 bridgehead atoms. The first kappa shape index (κ1) is 8.62. The Balaban J connectivity index is 3.23. The second-order valence-corrected chi connectivity index (χ2v) is 3.02. The molecule has 11 heavy (non-hydrogen) atoms. The maximum absolute atomic E-state index is 12.6.